The zero-order valence-electron chi connectivity index (χ0n) is 14.9. The maximum absolute atomic E-state index is 13.4. The molecule has 2 aromatic heterocycles. The summed E-state index contributed by atoms with van der Waals surface area (Å²) in [6, 6.07) is 23.3. The van der Waals surface area contributed by atoms with Crippen molar-refractivity contribution >= 4 is 16.7 Å². The van der Waals surface area contributed by atoms with Crippen LogP contribution in [0.25, 0.3) is 10.9 Å². The van der Waals surface area contributed by atoms with E-state index in [4.69, 9.17) is 0 Å². The van der Waals surface area contributed by atoms with Gasteiger partial charge in [0.15, 0.2) is 5.78 Å². The van der Waals surface area contributed by atoms with Crippen molar-refractivity contribution in [1.82, 2.24) is 15.3 Å². The summed E-state index contributed by atoms with van der Waals surface area (Å²) in [5.74, 6) is 0.0691. The lowest BCUT2D eigenvalue weighted by molar-refractivity contribution is 0.0945. The fourth-order valence-electron chi connectivity index (χ4n) is 3.33. The fraction of sp³-hybridized carbons (Fsp3) is 0.130. The van der Waals surface area contributed by atoms with E-state index in [2.05, 4.69) is 15.3 Å². The number of fused-ring (bicyclic) bond motifs is 1. The van der Waals surface area contributed by atoms with Crippen molar-refractivity contribution in [2.45, 2.75) is 12.5 Å². The number of hydrogen-bond acceptors (Lipinski definition) is 3. The number of H-pyrrole nitrogens is 1. The first-order chi connectivity index (χ1) is 13.3. The Morgan fingerprint density at radius 2 is 1.74 bits per heavy atom. The SMILES string of the molecule is O=C(c1c[nH]c2ccccc12)[C@@H](NCCc1ccccn1)c1ccccc1. The molecule has 0 aliphatic carbocycles. The van der Waals surface area contributed by atoms with Crippen LogP contribution in [-0.2, 0) is 6.42 Å². The fourth-order valence-corrected chi connectivity index (χ4v) is 3.33. The van der Waals surface area contributed by atoms with Crippen LogP contribution in [0.15, 0.2) is 85.2 Å². The first-order valence-electron chi connectivity index (χ1n) is 9.11. The molecule has 1 atom stereocenters. The highest BCUT2D eigenvalue weighted by molar-refractivity contribution is 6.10. The average Bonchev–Trinajstić information content (AvgIpc) is 3.16. The monoisotopic (exact) mass is 355 g/mol. The minimum Gasteiger partial charge on any atom is -0.360 e. The highest BCUT2D eigenvalue weighted by Crippen LogP contribution is 2.24. The third kappa shape index (κ3) is 3.81. The third-order valence-electron chi connectivity index (χ3n) is 4.71. The molecule has 2 heterocycles. The van der Waals surface area contributed by atoms with E-state index in [9.17, 15) is 4.79 Å². The lowest BCUT2D eigenvalue weighted by Crippen LogP contribution is -2.30. The summed E-state index contributed by atoms with van der Waals surface area (Å²) in [4.78, 5) is 20.9. The Labute approximate surface area is 158 Å². The highest BCUT2D eigenvalue weighted by Gasteiger charge is 2.23. The largest absolute Gasteiger partial charge is 0.360 e. The van der Waals surface area contributed by atoms with Gasteiger partial charge in [0.05, 0.1) is 6.04 Å². The summed E-state index contributed by atoms with van der Waals surface area (Å²) >= 11 is 0. The summed E-state index contributed by atoms with van der Waals surface area (Å²) in [5.41, 5.74) is 3.66. The van der Waals surface area contributed by atoms with Crippen LogP contribution in [0.3, 0.4) is 0 Å². The lowest BCUT2D eigenvalue weighted by atomic mass is 9.97. The van der Waals surface area contributed by atoms with Gasteiger partial charge in [-0.25, -0.2) is 0 Å². The van der Waals surface area contributed by atoms with E-state index in [0.29, 0.717) is 12.1 Å². The quantitative estimate of drug-likeness (QED) is 0.486. The van der Waals surface area contributed by atoms with Gasteiger partial charge in [-0.05, 0) is 23.8 Å². The Morgan fingerprint density at radius 3 is 2.56 bits per heavy atom. The first-order valence-corrected chi connectivity index (χ1v) is 9.11. The highest BCUT2D eigenvalue weighted by atomic mass is 16.1. The zero-order chi connectivity index (χ0) is 18.5. The Morgan fingerprint density at radius 1 is 0.963 bits per heavy atom. The van der Waals surface area contributed by atoms with Crippen LogP contribution in [0, 0.1) is 0 Å². The second-order valence-electron chi connectivity index (χ2n) is 6.48. The molecule has 4 rings (SSSR count). The molecule has 0 amide bonds. The van der Waals surface area contributed by atoms with Crippen molar-refractivity contribution in [2.75, 3.05) is 6.54 Å². The smallest absolute Gasteiger partial charge is 0.186 e. The van der Waals surface area contributed by atoms with Gasteiger partial charge in [0.2, 0.25) is 0 Å². The number of aromatic nitrogens is 2. The van der Waals surface area contributed by atoms with Crippen molar-refractivity contribution in [3.63, 3.8) is 0 Å². The molecule has 4 nitrogen and oxygen atoms in total. The average molecular weight is 355 g/mol. The molecule has 4 aromatic rings. The van der Waals surface area contributed by atoms with Crippen molar-refractivity contribution in [2.24, 2.45) is 0 Å². The van der Waals surface area contributed by atoms with Gasteiger partial charge in [0.25, 0.3) is 0 Å². The zero-order valence-corrected chi connectivity index (χ0v) is 14.9. The standard InChI is InChI=1S/C23H21N3O/c27-23(20-16-26-21-12-5-4-11-19(20)21)22(17-8-2-1-3-9-17)25-15-13-18-10-6-7-14-24-18/h1-12,14,16,22,25-26H,13,15H2/t22-/m0/s1. The molecule has 0 saturated carbocycles. The Kier molecular flexibility index (Phi) is 5.08. The molecule has 0 aliphatic heterocycles. The van der Waals surface area contributed by atoms with Gasteiger partial charge < -0.3 is 10.3 Å². The molecule has 2 aromatic carbocycles. The second kappa shape index (κ2) is 7.98. The van der Waals surface area contributed by atoms with Crippen molar-refractivity contribution < 1.29 is 4.79 Å². The van der Waals surface area contributed by atoms with Crippen LogP contribution in [0.2, 0.25) is 0 Å². The van der Waals surface area contributed by atoms with E-state index in [0.717, 1.165) is 28.6 Å². The van der Waals surface area contributed by atoms with Crippen LogP contribution < -0.4 is 5.32 Å². The number of ketones is 1. The van der Waals surface area contributed by atoms with Crippen molar-refractivity contribution in [3.05, 3.63) is 102 Å². The summed E-state index contributed by atoms with van der Waals surface area (Å²) in [5, 5.41) is 4.39. The number of benzene rings is 2. The Balaban J connectivity index is 1.59. The van der Waals surface area contributed by atoms with Gasteiger partial charge >= 0.3 is 0 Å². The van der Waals surface area contributed by atoms with E-state index in [1.165, 1.54) is 0 Å². The molecule has 0 bridgehead atoms. The molecule has 0 spiro atoms. The number of carbonyl (C=O) groups excluding carboxylic acids is 1. The molecule has 2 N–H and O–H groups in total. The van der Waals surface area contributed by atoms with E-state index in [1.54, 1.807) is 6.20 Å². The first kappa shape index (κ1) is 17.2. The molecule has 134 valence electrons. The van der Waals surface area contributed by atoms with Gasteiger partial charge in [-0.15, -0.1) is 0 Å². The van der Waals surface area contributed by atoms with E-state index < -0.39 is 6.04 Å². The number of carbonyl (C=O) groups is 1. The predicted octanol–water partition coefficient (Wildman–Crippen LogP) is 4.32. The van der Waals surface area contributed by atoms with Crippen LogP contribution >= 0.6 is 0 Å². The van der Waals surface area contributed by atoms with Crippen LogP contribution in [0.5, 0.6) is 0 Å². The molecular weight excluding hydrogens is 334 g/mol. The molecule has 27 heavy (non-hydrogen) atoms. The van der Waals surface area contributed by atoms with E-state index in [-0.39, 0.29) is 5.78 Å². The summed E-state index contributed by atoms with van der Waals surface area (Å²) < 4.78 is 0. The number of nitrogens with one attached hydrogen (secondary N) is 2. The summed E-state index contributed by atoms with van der Waals surface area (Å²) in [6.07, 6.45) is 4.37. The van der Waals surface area contributed by atoms with E-state index >= 15 is 0 Å². The molecule has 0 unspecified atom stereocenters. The minimum atomic E-state index is -0.394. The van der Waals surface area contributed by atoms with Gasteiger partial charge in [-0.1, -0.05) is 54.6 Å². The Bertz CT molecular complexity index is 1030. The second-order valence-corrected chi connectivity index (χ2v) is 6.48. The van der Waals surface area contributed by atoms with E-state index in [1.807, 2.05) is 79.0 Å². The van der Waals surface area contributed by atoms with Crippen LogP contribution in [0.4, 0.5) is 0 Å². The number of hydrogen-bond donors (Lipinski definition) is 2. The van der Waals surface area contributed by atoms with Gasteiger partial charge in [0, 0.05) is 47.5 Å². The number of aromatic amines is 1. The molecule has 0 radical (unpaired) electrons. The molecular formula is C23H21N3O. The van der Waals surface area contributed by atoms with Crippen molar-refractivity contribution in [1.29, 1.82) is 0 Å². The summed E-state index contributed by atoms with van der Waals surface area (Å²) in [7, 11) is 0. The molecule has 0 fully saturated rings. The topological polar surface area (TPSA) is 57.8 Å². The number of Topliss-reactive ketones (excluding diaryl/α,β-unsaturated/α-hetero) is 1. The normalized spacial score (nSPS) is 12.1. The Hall–Kier alpha value is -3.24. The van der Waals surface area contributed by atoms with Gasteiger partial charge in [-0.3, -0.25) is 9.78 Å². The molecule has 4 heteroatoms. The minimum absolute atomic E-state index is 0.0691. The maximum Gasteiger partial charge on any atom is 0.186 e. The number of para-hydroxylation sites is 1. The lowest BCUT2D eigenvalue weighted by Gasteiger charge is -2.18. The number of nitrogens with zero attached hydrogens (tertiary/aromatic N) is 1. The molecule has 0 saturated heterocycles. The maximum atomic E-state index is 13.4. The van der Waals surface area contributed by atoms with Crippen molar-refractivity contribution in [3.8, 4) is 0 Å². The molecule has 0 aliphatic rings. The van der Waals surface area contributed by atoms with Gasteiger partial charge in [0.1, 0.15) is 0 Å². The summed E-state index contributed by atoms with van der Waals surface area (Å²) in [6.45, 7) is 0.671. The van der Waals surface area contributed by atoms with Crippen LogP contribution in [0.1, 0.15) is 27.7 Å². The predicted molar refractivity (Wildman–Crippen MR) is 108 cm³/mol. The third-order valence-corrected chi connectivity index (χ3v) is 4.71. The van der Waals surface area contributed by atoms with Crippen LogP contribution in [-0.4, -0.2) is 22.3 Å². The number of rotatable bonds is 7. The number of pyridine rings is 1. The van der Waals surface area contributed by atoms with Gasteiger partial charge in [-0.2, -0.15) is 0 Å².